The van der Waals surface area contributed by atoms with Gasteiger partial charge in [-0.2, -0.15) is 0 Å². The van der Waals surface area contributed by atoms with E-state index in [4.69, 9.17) is 17.0 Å². The summed E-state index contributed by atoms with van der Waals surface area (Å²) in [5.41, 5.74) is 1.88. The molecule has 0 fully saturated rings. The number of nitrogens with one attached hydrogen (secondary N) is 3. The van der Waals surface area contributed by atoms with E-state index in [0.29, 0.717) is 41.2 Å². The number of nitrogens with zero attached hydrogens (tertiary/aromatic N) is 2. The topological polar surface area (TPSA) is 95.7 Å². The summed E-state index contributed by atoms with van der Waals surface area (Å²) in [6.07, 6.45) is 2.10. The van der Waals surface area contributed by atoms with Gasteiger partial charge in [0.2, 0.25) is 0 Å². The monoisotopic (exact) mass is 361 g/mol. The van der Waals surface area contributed by atoms with Crippen molar-refractivity contribution in [1.82, 2.24) is 25.3 Å². The molecule has 2 aromatic heterocycles. The van der Waals surface area contributed by atoms with Gasteiger partial charge in [0.05, 0.1) is 28.9 Å². The summed E-state index contributed by atoms with van der Waals surface area (Å²) < 4.78 is 19.0. The molecule has 0 aliphatic rings. The number of hydrogen-bond donors (Lipinski definition) is 3. The van der Waals surface area contributed by atoms with E-state index >= 15 is 0 Å². The fourth-order valence-corrected chi connectivity index (χ4v) is 2.67. The number of aromatic amines is 2. The van der Waals surface area contributed by atoms with Gasteiger partial charge in [-0.3, -0.25) is 4.79 Å². The zero-order valence-electron chi connectivity index (χ0n) is 13.4. The smallest absolute Gasteiger partial charge is 0.253 e. The summed E-state index contributed by atoms with van der Waals surface area (Å²) in [4.78, 5) is 26.5. The second-order valence-corrected chi connectivity index (χ2v) is 5.77. The lowest BCUT2D eigenvalue weighted by molar-refractivity contribution is 0.0955. The van der Waals surface area contributed by atoms with Crippen LogP contribution in [0.25, 0.3) is 11.0 Å². The van der Waals surface area contributed by atoms with E-state index in [9.17, 15) is 9.18 Å². The highest BCUT2D eigenvalue weighted by molar-refractivity contribution is 7.71. The Labute approximate surface area is 147 Å². The summed E-state index contributed by atoms with van der Waals surface area (Å²) in [7, 11) is 1.59. The van der Waals surface area contributed by atoms with Crippen LogP contribution >= 0.6 is 12.2 Å². The molecule has 1 amide bonds. The average molecular weight is 361 g/mol. The van der Waals surface area contributed by atoms with Crippen molar-refractivity contribution in [3.63, 3.8) is 0 Å². The molecule has 1 aromatic carbocycles. The number of benzene rings is 1. The fourth-order valence-electron chi connectivity index (χ4n) is 2.46. The van der Waals surface area contributed by atoms with Crippen molar-refractivity contribution in [2.45, 2.75) is 13.0 Å². The van der Waals surface area contributed by atoms with Crippen molar-refractivity contribution in [2.24, 2.45) is 0 Å². The Morgan fingerprint density at radius 3 is 3.04 bits per heavy atom. The first-order valence-electron chi connectivity index (χ1n) is 7.56. The van der Waals surface area contributed by atoms with Gasteiger partial charge < -0.3 is 20.0 Å². The Morgan fingerprint density at radius 1 is 1.40 bits per heavy atom. The van der Waals surface area contributed by atoms with E-state index in [2.05, 4.69) is 25.3 Å². The van der Waals surface area contributed by atoms with Crippen LogP contribution in [0.2, 0.25) is 0 Å². The highest BCUT2D eigenvalue weighted by atomic mass is 32.1. The maximum atomic E-state index is 13.7. The lowest BCUT2D eigenvalue weighted by Gasteiger charge is -2.07. The molecule has 3 N–H and O–H groups in total. The number of halogens is 1. The number of carbonyl (C=O) groups is 1. The first kappa shape index (κ1) is 17.2. The minimum Gasteiger partial charge on any atom is -0.378 e. The second kappa shape index (κ2) is 7.49. The van der Waals surface area contributed by atoms with Crippen molar-refractivity contribution in [1.29, 1.82) is 0 Å². The molecule has 0 bridgehead atoms. The molecule has 0 aliphatic carbocycles. The first-order valence-corrected chi connectivity index (χ1v) is 7.97. The highest BCUT2D eigenvalue weighted by Gasteiger charge is 2.14. The lowest BCUT2D eigenvalue weighted by Crippen LogP contribution is -2.26. The maximum Gasteiger partial charge on any atom is 0.253 e. The van der Waals surface area contributed by atoms with Crippen molar-refractivity contribution in [3.05, 3.63) is 52.1 Å². The van der Waals surface area contributed by atoms with Crippen molar-refractivity contribution >= 4 is 29.2 Å². The minimum absolute atomic E-state index is 0.191. The van der Waals surface area contributed by atoms with Gasteiger partial charge in [-0.15, -0.1) is 0 Å². The minimum atomic E-state index is -0.515. The van der Waals surface area contributed by atoms with Gasteiger partial charge in [0.25, 0.3) is 5.91 Å². The Balaban J connectivity index is 1.69. The normalized spacial score (nSPS) is 11.0. The Hall–Kier alpha value is -2.65. The molecule has 0 saturated carbocycles. The molecule has 7 nitrogen and oxygen atoms in total. The summed E-state index contributed by atoms with van der Waals surface area (Å²) in [6, 6.07) is 4.23. The Morgan fingerprint density at radius 2 is 2.24 bits per heavy atom. The van der Waals surface area contributed by atoms with Crippen LogP contribution in [0.15, 0.2) is 24.4 Å². The first-order chi connectivity index (χ1) is 12.1. The molecule has 25 heavy (non-hydrogen) atoms. The molecule has 0 atom stereocenters. The molecule has 0 spiro atoms. The fraction of sp³-hybridized carbons (Fsp3) is 0.250. The van der Waals surface area contributed by atoms with Crippen molar-refractivity contribution in [3.8, 4) is 0 Å². The van der Waals surface area contributed by atoms with Crippen LogP contribution in [0.3, 0.4) is 0 Å². The zero-order chi connectivity index (χ0) is 17.8. The quantitative estimate of drug-likeness (QED) is 0.586. The number of H-pyrrole nitrogens is 2. The molecule has 3 aromatic rings. The number of imidazole rings is 1. The van der Waals surface area contributed by atoms with Crippen LogP contribution in [-0.2, 0) is 17.8 Å². The van der Waals surface area contributed by atoms with Crippen LogP contribution in [0.5, 0.6) is 0 Å². The SMILES string of the molecule is COCc1ccnc(CCNC(=O)c2cc(F)cc3[nH]c(=S)[nH]c23)n1. The number of amides is 1. The van der Waals surface area contributed by atoms with Crippen LogP contribution in [0, 0.1) is 10.6 Å². The number of aromatic nitrogens is 4. The number of fused-ring (bicyclic) bond motifs is 1. The molecule has 0 radical (unpaired) electrons. The third kappa shape index (κ3) is 4.06. The van der Waals surface area contributed by atoms with Crippen LogP contribution < -0.4 is 5.32 Å². The highest BCUT2D eigenvalue weighted by Crippen LogP contribution is 2.17. The Bertz CT molecular complexity index is 969. The number of ether oxygens (including phenoxy) is 1. The summed E-state index contributed by atoms with van der Waals surface area (Å²) in [5.74, 6) is -0.318. The third-order valence-corrected chi connectivity index (χ3v) is 3.73. The van der Waals surface area contributed by atoms with Crippen molar-refractivity contribution in [2.75, 3.05) is 13.7 Å². The maximum absolute atomic E-state index is 13.7. The van der Waals surface area contributed by atoms with Crippen LogP contribution in [0.1, 0.15) is 21.9 Å². The van der Waals surface area contributed by atoms with E-state index < -0.39 is 11.7 Å². The number of carbonyl (C=O) groups excluding carboxylic acids is 1. The van der Waals surface area contributed by atoms with Gasteiger partial charge in [0.15, 0.2) is 4.77 Å². The summed E-state index contributed by atoms with van der Waals surface area (Å²) in [5, 5.41) is 2.74. The van der Waals surface area contributed by atoms with E-state index in [1.807, 2.05) is 0 Å². The van der Waals surface area contributed by atoms with Gasteiger partial charge in [-0.1, -0.05) is 0 Å². The third-order valence-electron chi connectivity index (χ3n) is 3.52. The summed E-state index contributed by atoms with van der Waals surface area (Å²) in [6.45, 7) is 0.717. The van der Waals surface area contributed by atoms with Gasteiger partial charge in [-0.25, -0.2) is 14.4 Å². The largest absolute Gasteiger partial charge is 0.378 e. The molecule has 3 rings (SSSR count). The predicted molar refractivity (Wildman–Crippen MR) is 92.2 cm³/mol. The molecular formula is C16H16FN5O2S. The molecule has 2 heterocycles. The molecule has 0 aliphatic heterocycles. The van der Waals surface area contributed by atoms with Gasteiger partial charge in [-0.05, 0) is 30.4 Å². The predicted octanol–water partition coefficient (Wildman–Crippen LogP) is 2.27. The van der Waals surface area contributed by atoms with E-state index in [-0.39, 0.29) is 5.56 Å². The molecule has 0 unspecified atom stereocenters. The summed E-state index contributed by atoms with van der Waals surface area (Å²) >= 11 is 5.00. The zero-order valence-corrected chi connectivity index (χ0v) is 14.2. The average Bonchev–Trinajstić information content (AvgIpc) is 2.94. The Kier molecular flexibility index (Phi) is 5.15. The number of rotatable bonds is 6. The van der Waals surface area contributed by atoms with Crippen LogP contribution in [0.4, 0.5) is 4.39 Å². The second-order valence-electron chi connectivity index (χ2n) is 5.36. The van der Waals surface area contributed by atoms with Crippen LogP contribution in [-0.4, -0.2) is 39.5 Å². The van der Waals surface area contributed by atoms with Gasteiger partial charge in [0.1, 0.15) is 11.6 Å². The van der Waals surface area contributed by atoms with Gasteiger partial charge in [0, 0.05) is 26.3 Å². The van der Waals surface area contributed by atoms with E-state index in [1.165, 1.54) is 12.1 Å². The van der Waals surface area contributed by atoms with E-state index in [1.54, 1.807) is 19.4 Å². The van der Waals surface area contributed by atoms with E-state index in [0.717, 1.165) is 5.69 Å². The van der Waals surface area contributed by atoms with Crippen molar-refractivity contribution < 1.29 is 13.9 Å². The van der Waals surface area contributed by atoms with Gasteiger partial charge >= 0.3 is 0 Å². The lowest BCUT2D eigenvalue weighted by atomic mass is 10.1. The number of hydrogen-bond acceptors (Lipinski definition) is 5. The molecular weight excluding hydrogens is 345 g/mol. The molecule has 9 heteroatoms. The number of methoxy groups -OCH3 is 1. The molecule has 130 valence electrons. The molecule has 0 saturated heterocycles. The standard InChI is InChI=1S/C16H16FN5O2S/c1-24-8-10-2-4-18-13(20-10)3-5-19-15(23)11-6-9(17)7-12-14(11)22-16(25)21-12/h2,4,6-7H,3,5,8H2,1H3,(H,19,23)(H2,21,22,25).